The zero-order chi connectivity index (χ0) is 10.5. The quantitative estimate of drug-likeness (QED) is 0.690. The van der Waals surface area contributed by atoms with Crippen LogP contribution in [-0.2, 0) is 16.1 Å². The zero-order valence-electron chi connectivity index (χ0n) is 8.23. The Morgan fingerprint density at radius 2 is 2.67 bits per heavy atom. The van der Waals surface area contributed by atoms with E-state index in [1.165, 1.54) is 0 Å². The molecule has 1 amide bonds. The Hall–Kier alpha value is -1.40. The number of aromatic nitrogens is 1. The lowest BCUT2D eigenvalue weighted by Crippen LogP contribution is -2.51. The minimum absolute atomic E-state index is 0.0777. The third kappa shape index (κ3) is 2.77. The van der Waals surface area contributed by atoms with Gasteiger partial charge in [0.2, 0.25) is 5.91 Å². The van der Waals surface area contributed by atoms with Gasteiger partial charge < -0.3 is 19.9 Å². The molecule has 0 aromatic carbocycles. The van der Waals surface area contributed by atoms with Crippen molar-refractivity contribution in [3.05, 3.63) is 18.0 Å². The van der Waals surface area contributed by atoms with E-state index >= 15 is 0 Å². The molecule has 1 aromatic rings. The molecule has 2 rings (SSSR count). The Kier molecular flexibility index (Phi) is 3.31. The summed E-state index contributed by atoms with van der Waals surface area (Å²) in [7, 11) is 0. The SMILES string of the molecule is O=C(NCc1ccno1)C1COCCN1. The third-order valence-corrected chi connectivity index (χ3v) is 2.17. The van der Waals surface area contributed by atoms with Crippen molar-refractivity contribution in [1.29, 1.82) is 0 Å². The molecule has 1 saturated heterocycles. The Bertz CT molecular complexity index is 306. The predicted molar refractivity (Wildman–Crippen MR) is 51.0 cm³/mol. The van der Waals surface area contributed by atoms with Crippen molar-refractivity contribution in [3.63, 3.8) is 0 Å². The topological polar surface area (TPSA) is 76.4 Å². The first-order chi connectivity index (χ1) is 7.36. The van der Waals surface area contributed by atoms with Gasteiger partial charge in [0.05, 0.1) is 26.0 Å². The summed E-state index contributed by atoms with van der Waals surface area (Å²) in [4.78, 5) is 11.6. The molecule has 0 aliphatic carbocycles. The average molecular weight is 211 g/mol. The van der Waals surface area contributed by atoms with Crippen molar-refractivity contribution in [3.8, 4) is 0 Å². The maximum absolute atomic E-state index is 11.6. The predicted octanol–water partition coefficient (Wildman–Crippen LogP) is -0.721. The van der Waals surface area contributed by atoms with E-state index in [2.05, 4.69) is 15.8 Å². The molecule has 1 aliphatic heterocycles. The molecular formula is C9H13N3O3. The first kappa shape index (κ1) is 10.1. The summed E-state index contributed by atoms with van der Waals surface area (Å²) in [5.41, 5.74) is 0. The van der Waals surface area contributed by atoms with Crippen LogP contribution in [0.1, 0.15) is 5.76 Å². The monoisotopic (exact) mass is 211 g/mol. The van der Waals surface area contributed by atoms with Crippen LogP contribution in [0.5, 0.6) is 0 Å². The number of hydrogen-bond donors (Lipinski definition) is 2. The molecule has 1 aromatic heterocycles. The summed E-state index contributed by atoms with van der Waals surface area (Å²) >= 11 is 0. The lowest BCUT2D eigenvalue weighted by atomic mass is 10.2. The first-order valence-corrected chi connectivity index (χ1v) is 4.84. The number of rotatable bonds is 3. The van der Waals surface area contributed by atoms with Gasteiger partial charge in [-0.1, -0.05) is 5.16 Å². The Morgan fingerprint density at radius 3 is 3.33 bits per heavy atom. The molecule has 0 spiro atoms. The molecule has 1 atom stereocenters. The summed E-state index contributed by atoms with van der Waals surface area (Å²) < 4.78 is 10.0. The highest BCUT2D eigenvalue weighted by atomic mass is 16.5. The second-order valence-electron chi connectivity index (χ2n) is 3.28. The fourth-order valence-electron chi connectivity index (χ4n) is 1.36. The van der Waals surface area contributed by atoms with Gasteiger partial charge in [-0.2, -0.15) is 0 Å². The van der Waals surface area contributed by atoms with Gasteiger partial charge >= 0.3 is 0 Å². The standard InChI is InChI=1S/C9H13N3O3/c13-9(8-6-14-4-3-10-8)11-5-7-1-2-12-15-7/h1-2,8,10H,3-6H2,(H,11,13). The van der Waals surface area contributed by atoms with E-state index in [0.29, 0.717) is 32.1 Å². The highest BCUT2D eigenvalue weighted by Crippen LogP contribution is 1.97. The molecule has 0 radical (unpaired) electrons. The summed E-state index contributed by atoms with van der Waals surface area (Å²) in [6.07, 6.45) is 1.55. The van der Waals surface area contributed by atoms with Gasteiger partial charge in [0.25, 0.3) is 0 Å². The Morgan fingerprint density at radius 1 is 1.73 bits per heavy atom. The lowest BCUT2D eigenvalue weighted by Gasteiger charge is -2.22. The number of hydrogen-bond acceptors (Lipinski definition) is 5. The van der Waals surface area contributed by atoms with Gasteiger partial charge in [0.15, 0.2) is 5.76 Å². The smallest absolute Gasteiger partial charge is 0.239 e. The van der Waals surface area contributed by atoms with Crippen LogP contribution >= 0.6 is 0 Å². The van der Waals surface area contributed by atoms with E-state index < -0.39 is 0 Å². The average Bonchev–Trinajstić information content (AvgIpc) is 2.80. The van der Waals surface area contributed by atoms with E-state index in [9.17, 15) is 4.79 Å². The van der Waals surface area contributed by atoms with Crippen molar-refractivity contribution in [1.82, 2.24) is 15.8 Å². The number of carbonyl (C=O) groups is 1. The zero-order valence-corrected chi connectivity index (χ0v) is 8.23. The van der Waals surface area contributed by atoms with Crippen LogP contribution < -0.4 is 10.6 Å². The minimum Gasteiger partial charge on any atom is -0.378 e. The van der Waals surface area contributed by atoms with Gasteiger partial charge in [-0.3, -0.25) is 4.79 Å². The van der Waals surface area contributed by atoms with Gasteiger partial charge in [-0.25, -0.2) is 0 Å². The molecular weight excluding hydrogens is 198 g/mol. The molecule has 1 unspecified atom stereocenters. The van der Waals surface area contributed by atoms with Crippen LogP contribution in [0.2, 0.25) is 0 Å². The maximum atomic E-state index is 11.6. The van der Waals surface area contributed by atoms with Crippen LogP contribution in [0.25, 0.3) is 0 Å². The van der Waals surface area contributed by atoms with Gasteiger partial charge in [0.1, 0.15) is 6.04 Å². The van der Waals surface area contributed by atoms with E-state index in [0.717, 1.165) is 0 Å². The van der Waals surface area contributed by atoms with Gasteiger partial charge in [-0.05, 0) is 0 Å². The van der Waals surface area contributed by atoms with Crippen molar-refractivity contribution >= 4 is 5.91 Å². The largest absolute Gasteiger partial charge is 0.378 e. The summed E-state index contributed by atoms with van der Waals surface area (Å²) in [5.74, 6) is 0.561. The van der Waals surface area contributed by atoms with Gasteiger partial charge in [0, 0.05) is 12.6 Å². The minimum atomic E-state index is -0.262. The molecule has 6 nitrogen and oxygen atoms in total. The highest BCUT2D eigenvalue weighted by Gasteiger charge is 2.20. The van der Waals surface area contributed by atoms with Crippen LogP contribution in [0.15, 0.2) is 16.8 Å². The molecule has 1 aliphatic rings. The second-order valence-corrected chi connectivity index (χ2v) is 3.28. The number of nitrogens with zero attached hydrogens (tertiary/aromatic N) is 1. The maximum Gasteiger partial charge on any atom is 0.239 e. The fourth-order valence-corrected chi connectivity index (χ4v) is 1.36. The van der Waals surface area contributed by atoms with Crippen LogP contribution in [0.3, 0.4) is 0 Å². The van der Waals surface area contributed by atoms with Crippen molar-refractivity contribution < 1.29 is 14.1 Å². The summed E-state index contributed by atoms with van der Waals surface area (Å²) in [6.45, 7) is 2.14. The first-order valence-electron chi connectivity index (χ1n) is 4.84. The number of ether oxygens (including phenoxy) is 1. The van der Waals surface area contributed by atoms with Crippen molar-refractivity contribution in [2.45, 2.75) is 12.6 Å². The second kappa shape index (κ2) is 4.90. The molecule has 2 N–H and O–H groups in total. The van der Waals surface area contributed by atoms with Gasteiger partial charge in [-0.15, -0.1) is 0 Å². The number of amides is 1. The molecule has 1 fully saturated rings. The van der Waals surface area contributed by atoms with E-state index in [-0.39, 0.29) is 11.9 Å². The number of nitrogens with one attached hydrogen (secondary N) is 2. The van der Waals surface area contributed by atoms with Crippen molar-refractivity contribution in [2.24, 2.45) is 0 Å². The third-order valence-electron chi connectivity index (χ3n) is 2.17. The molecule has 2 heterocycles. The lowest BCUT2D eigenvalue weighted by molar-refractivity contribution is -0.126. The summed E-state index contributed by atoms with van der Waals surface area (Å²) in [6, 6.07) is 1.45. The van der Waals surface area contributed by atoms with Crippen LogP contribution in [0, 0.1) is 0 Å². The highest BCUT2D eigenvalue weighted by molar-refractivity contribution is 5.81. The van der Waals surface area contributed by atoms with E-state index in [1.807, 2.05) is 0 Å². The van der Waals surface area contributed by atoms with E-state index in [1.54, 1.807) is 12.3 Å². The molecule has 6 heteroatoms. The molecule has 0 bridgehead atoms. The summed E-state index contributed by atoms with van der Waals surface area (Å²) in [5, 5.41) is 9.35. The molecule has 15 heavy (non-hydrogen) atoms. The van der Waals surface area contributed by atoms with Crippen LogP contribution in [0.4, 0.5) is 0 Å². The van der Waals surface area contributed by atoms with Crippen LogP contribution in [-0.4, -0.2) is 36.9 Å². The Labute approximate surface area is 87.0 Å². The van der Waals surface area contributed by atoms with E-state index in [4.69, 9.17) is 9.26 Å². The molecule has 0 saturated carbocycles. The molecule has 82 valence electrons. The normalized spacial score (nSPS) is 21.2. The fraction of sp³-hybridized carbons (Fsp3) is 0.556. The number of morpholine rings is 1. The number of carbonyl (C=O) groups excluding carboxylic acids is 1. The van der Waals surface area contributed by atoms with Crippen molar-refractivity contribution in [2.75, 3.05) is 19.8 Å². The Balaban J connectivity index is 1.76.